The molecule has 0 fully saturated rings. The molecule has 0 radical (unpaired) electrons. The third-order valence-corrected chi connectivity index (χ3v) is 4.75. The Kier molecular flexibility index (Phi) is 3.79. The zero-order chi connectivity index (χ0) is 13.1. The maximum atomic E-state index is 12.6. The number of benzene rings is 1. The molecule has 0 saturated carbocycles. The average molecular weight is 270 g/mol. The van der Waals surface area contributed by atoms with Crippen molar-refractivity contribution in [2.75, 3.05) is 0 Å². The number of hydrogen-bond acceptors (Lipinski definition) is 2. The molecule has 0 saturated heterocycles. The molecule has 19 heavy (non-hydrogen) atoms. The van der Waals surface area contributed by atoms with E-state index in [2.05, 4.69) is 22.9 Å². The molecule has 1 aliphatic rings. The molecule has 1 aliphatic carbocycles. The highest BCUT2D eigenvalue weighted by Gasteiger charge is 2.24. The lowest BCUT2D eigenvalue weighted by Crippen LogP contribution is -2.14. The second kappa shape index (κ2) is 5.70. The average Bonchev–Trinajstić information content (AvgIpc) is 2.90. The fourth-order valence-electron chi connectivity index (χ4n) is 2.92. The maximum Gasteiger partial charge on any atom is 0.166 e. The highest BCUT2D eigenvalue weighted by molar-refractivity contribution is 7.07. The summed E-state index contributed by atoms with van der Waals surface area (Å²) in [6.45, 7) is 0. The van der Waals surface area contributed by atoms with Crippen molar-refractivity contribution in [1.82, 2.24) is 0 Å². The van der Waals surface area contributed by atoms with E-state index in [0.717, 1.165) is 37.7 Å². The van der Waals surface area contributed by atoms with Gasteiger partial charge in [-0.1, -0.05) is 24.3 Å². The number of hydrogen-bond donors (Lipinski definition) is 0. The molecule has 1 aromatic carbocycles. The molecule has 1 unspecified atom stereocenters. The number of thiophene rings is 1. The zero-order valence-electron chi connectivity index (χ0n) is 11.0. The van der Waals surface area contributed by atoms with Crippen molar-refractivity contribution >= 4 is 17.1 Å². The van der Waals surface area contributed by atoms with Crippen LogP contribution in [0.1, 0.15) is 40.7 Å². The highest BCUT2D eigenvalue weighted by Crippen LogP contribution is 2.27. The van der Waals surface area contributed by atoms with Crippen molar-refractivity contribution in [2.24, 2.45) is 5.92 Å². The first-order valence-corrected chi connectivity index (χ1v) is 7.92. The Morgan fingerprint density at radius 3 is 2.95 bits per heavy atom. The summed E-state index contributed by atoms with van der Waals surface area (Å²) in [5, 5.41) is 4.30. The van der Waals surface area contributed by atoms with Gasteiger partial charge >= 0.3 is 0 Å². The third-order valence-electron chi connectivity index (χ3n) is 4.01. The van der Waals surface area contributed by atoms with E-state index >= 15 is 0 Å². The van der Waals surface area contributed by atoms with Crippen LogP contribution < -0.4 is 0 Å². The van der Waals surface area contributed by atoms with Gasteiger partial charge in [-0.15, -0.1) is 0 Å². The van der Waals surface area contributed by atoms with Crippen LogP contribution in [0.2, 0.25) is 0 Å². The van der Waals surface area contributed by atoms with E-state index in [0.29, 0.717) is 5.78 Å². The predicted molar refractivity (Wildman–Crippen MR) is 79.8 cm³/mol. The Balaban J connectivity index is 1.74. The molecule has 1 atom stereocenters. The fraction of sp³-hybridized carbons (Fsp3) is 0.353. The number of fused-ring (bicyclic) bond motifs is 1. The summed E-state index contributed by atoms with van der Waals surface area (Å²) >= 11 is 1.73. The number of aryl methyl sites for hydroxylation is 2. The van der Waals surface area contributed by atoms with Gasteiger partial charge in [-0.3, -0.25) is 4.79 Å². The van der Waals surface area contributed by atoms with Crippen LogP contribution in [0.25, 0.3) is 0 Å². The van der Waals surface area contributed by atoms with Crippen molar-refractivity contribution < 1.29 is 4.79 Å². The minimum atomic E-state index is 0.212. The van der Waals surface area contributed by atoms with Crippen molar-refractivity contribution in [3.8, 4) is 0 Å². The minimum Gasteiger partial charge on any atom is -0.294 e. The van der Waals surface area contributed by atoms with Crippen LogP contribution in [-0.4, -0.2) is 5.78 Å². The van der Waals surface area contributed by atoms with E-state index in [-0.39, 0.29) is 5.92 Å². The van der Waals surface area contributed by atoms with Gasteiger partial charge in [0.05, 0.1) is 0 Å². The third kappa shape index (κ3) is 2.79. The summed E-state index contributed by atoms with van der Waals surface area (Å²) in [6.07, 6.45) is 5.25. The standard InChI is InChI=1S/C17H18OS/c18-17-15(9-8-13-10-11-19-12-13)6-3-5-14-4-1-2-7-16(14)17/h1-2,4,7,10-12,15H,3,5-6,8-9H2. The second-order valence-corrected chi connectivity index (χ2v) is 6.06. The molecule has 1 nitrogen and oxygen atoms in total. The van der Waals surface area contributed by atoms with E-state index < -0.39 is 0 Å². The van der Waals surface area contributed by atoms with Crippen molar-refractivity contribution in [3.63, 3.8) is 0 Å². The highest BCUT2D eigenvalue weighted by atomic mass is 32.1. The van der Waals surface area contributed by atoms with Gasteiger partial charge in [0.15, 0.2) is 5.78 Å². The van der Waals surface area contributed by atoms with Gasteiger partial charge in [0.2, 0.25) is 0 Å². The summed E-state index contributed by atoms with van der Waals surface area (Å²) < 4.78 is 0. The van der Waals surface area contributed by atoms with Crippen LogP contribution in [0.4, 0.5) is 0 Å². The largest absolute Gasteiger partial charge is 0.294 e. The smallest absolute Gasteiger partial charge is 0.166 e. The van der Waals surface area contributed by atoms with E-state index in [1.165, 1.54) is 11.1 Å². The second-order valence-electron chi connectivity index (χ2n) is 5.28. The number of carbonyl (C=O) groups excluding carboxylic acids is 1. The summed E-state index contributed by atoms with van der Waals surface area (Å²) in [6, 6.07) is 10.3. The van der Waals surface area contributed by atoms with Gasteiger partial charge in [-0.25, -0.2) is 0 Å². The van der Waals surface area contributed by atoms with Gasteiger partial charge in [-0.05, 0) is 60.1 Å². The molecular formula is C17H18OS. The summed E-state index contributed by atoms with van der Waals surface area (Å²) in [7, 11) is 0. The number of carbonyl (C=O) groups is 1. The number of rotatable bonds is 3. The Morgan fingerprint density at radius 2 is 2.11 bits per heavy atom. The summed E-state index contributed by atoms with van der Waals surface area (Å²) in [4.78, 5) is 12.6. The molecule has 3 rings (SSSR count). The van der Waals surface area contributed by atoms with Crippen LogP contribution in [0, 0.1) is 5.92 Å². The Bertz CT molecular complexity index is 556. The van der Waals surface area contributed by atoms with Gasteiger partial charge in [0, 0.05) is 11.5 Å². The van der Waals surface area contributed by atoms with Gasteiger partial charge in [0.25, 0.3) is 0 Å². The first kappa shape index (κ1) is 12.6. The first-order valence-electron chi connectivity index (χ1n) is 6.98. The summed E-state index contributed by atoms with van der Waals surface area (Å²) in [5.74, 6) is 0.576. The van der Waals surface area contributed by atoms with Crippen molar-refractivity contribution in [3.05, 3.63) is 57.8 Å². The lowest BCUT2D eigenvalue weighted by molar-refractivity contribution is 0.0909. The molecular weight excluding hydrogens is 252 g/mol. The van der Waals surface area contributed by atoms with E-state index in [1.54, 1.807) is 11.3 Å². The molecule has 0 N–H and O–H groups in total. The monoisotopic (exact) mass is 270 g/mol. The molecule has 1 heterocycles. The SMILES string of the molecule is O=C1c2ccccc2CCCC1CCc1ccsc1. The van der Waals surface area contributed by atoms with Crippen LogP contribution in [-0.2, 0) is 12.8 Å². The molecule has 0 aliphatic heterocycles. The van der Waals surface area contributed by atoms with E-state index in [4.69, 9.17) is 0 Å². The number of Topliss-reactive ketones (excluding diaryl/α,β-unsaturated/α-hetero) is 1. The van der Waals surface area contributed by atoms with Gasteiger partial charge in [0.1, 0.15) is 0 Å². The molecule has 0 bridgehead atoms. The molecule has 0 spiro atoms. The molecule has 0 amide bonds. The molecule has 2 aromatic rings. The Labute approximate surface area is 118 Å². The van der Waals surface area contributed by atoms with E-state index in [1.807, 2.05) is 18.2 Å². The minimum absolute atomic E-state index is 0.212. The van der Waals surface area contributed by atoms with Crippen LogP contribution in [0.3, 0.4) is 0 Å². The molecule has 98 valence electrons. The molecule has 1 aromatic heterocycles. The quantitative estimate of drug-likeness (QED) is 0.750. The van der Waals surface area contributed by atoms with Gasteiger partial charge in [-0.2, -0.15) is 11.3 Å². The van der Waals surface area contributed by atoms with Crippen LogP contribution in [0.5, 0.6) is 0 Å². The zero-order valence-corrected chi connectivity index (χ0v) is 11.8. The topological polar surface area (TPSA) is 17.1 Å². The summed E-state index contributed by atoms with van der Waals surface area (Å²) in [5.41, 5.74) is 3.58. The van der Waals surface area contributed by atoms with Crippen LogP contribution >= 0.6 is 11.3 Å². The van der Waals surface area contributed by atoms with Gasteiger partial charge < -0.3 is 0 Å². The Hall–Kier alpha value is -1.41. The Morgan fingerprint density at radius 1 is 1.21 bits per heavy atom. The lowest BCUT2D eigenvalue weighted by Gasteiger charge is -2.13. The normalized spacial score (nSPS) is 18.9. The molecule has 2 heteroatoms. The van der Waals surface area contributed by atoms with Crippen LogP contribution in [0.15, 0.2) is 41.1 Å². The fourth-order valence-corrected chi connectivity index (χ4v) is 3.62. The van der Waals surface area contributed by atoms with Crippen molar-refractivity contribution in [2.45, 2.75) is 32.1 Å². The van der Waals surface area contributed by atoms with E-state index in [9.17, 15) is 4.79 Å². The number of ketones is 1. The maximum absolute atomic E-state index is 12.6. The first-order chi connectivity index (χ1) is 9.34. The lowest BCUT2D eigenvalue weighted by atomic mass is 9.90. The van der Waals surface area contributed by atoms with Crippen molar-refractivity contribution in [1.29, 1.82) is 0 Å². The predicted octanol–water partition coefficient (Wildman–Crippen LogP) is 4.52.